The number of nitrogens with zero attached hydrogens (tertiary/aromatic N) is 1. The van der Waals surface area contributed by atoms with Gasteiger partial charge in [-0.3, -0.25) is 0 Å². The Balaban J connectivity index is 2.27. The quantitative estimate of drug-likeness (QED) is 0.802. The lowest BCUT2D eigenvalue weighted by Gasteiger charge is -2.41. The molecule has 4 heteroatoms. The summed E-state index contributed by atoms with van der Waals surface area (Å²) < 4.78 is 27.1. The average Bonchev–Trinajstić information content (AvgIpc) is 2.49. The van der Waals surface area contributed by atoms with Crippen LogP contribution >= 0.6 is 0 Å². The van der Waals surface area contributed by atoms with Crippen molar-refractivity contribution < 1.29 is 8.42 Å². The molecule has 0 amide bonds. The lowest BCUT2D eigenvalue weighted by Crippen LogP contribution is -2.49. The van der Waals surface area contributed by atoms with E-state index in [1.54, 1.807) is 13.0 Å². The summed E-state index contributed by atoms with van der Waals surface area (Å²) in [5, 5.41) is 0. The minimum absolute atomic E-state index is 0.424. The van der Waals surface area contributed by atoms with Gasteiger partial charge in [0.1, 0.15) is 0 Å². The van der Waals surface area contributed by atoms with E-state index in [0.29, 0.717) is 18.5 Å². The first-order chi connectivity index (χ1) is 10.5. The van der Waals surface area contributed by atoms with Crippen molar-refractivity contribution in [2.45, 2.75) is 24.5 Å². The average molecular weight is 313 g/mol. The number of anilines is 2. The van der Waals surface area contributed by atoms with Crippen LogP contribution in [-0.4, -0.2) is 13.2 Å². The highest BCUT2D eigenvalue weighted by Gasteiger charge is 2.47. The summed E-state index contributed by atoms with van der Waals surface area (Å²) >= 11 is 0. The molecule has 2 aromatic rings. The molecule has 1 aliphatic rings. The van der Waals surface area contributed by atoms with Crippen LogP contribution in [0.4, 0.5) is 11.4 Å². The van der Waals surface area contributed by atoms with Gasteiger partial charge in [-0.2, -0.15) is 0 Å². The summed E-state index contributed by atoms with van der Waals surface area (Å²) in [7, 11) is -3.53. The molecular formula is C18H19NO2S. The van der Waals surface area contributed by atoms with E-state index < -0.39 is 14.8 Å². The van der Waals surface area contributed by atoms with E-state index in [1.807, 2.05) is 54.6 Å². The smallest absolute Gasteiger partial charge is 0.238 e. The fraction of sp³-hybridized carbons (Fsp3) is 0.222. The molecule has 1 unspecified atom stereocenters. The van der Waals surface area contributed by atoms with Crippen molar-refractivity contribution in [2.75, 3.05) is 4.31 Å². The molecule has 1 atom stereocenters. The van der Waals surface area contributed by atoms with Crippen LogP contribution in [0, 0.1) is 0 Å². The third-order valence-corrected chi connectivity index (χ3v) is 6.65. The van der Waals surface area contributed by atoms with Crippen LogP contribution in [0.2, 0.25) is 0 Å². The van der Waals surface area contributed by atoms with E-state index in [-0.39, 0.29) is 0 Å². The number of para-hydroxylation sites is 2. The fourth-order valence-corrected chi connectivity index (χ4v) is 4.97. The number of benzene rings is 2. The molecule has 0 bridgehead atoms. The highest BCUT2D eigenvalue weighted by molar-refractivity contribution is 7.94. The Labute approximate surface area is 132 Å². The third kappa shape index (κ3) is 2.15. The van der Waals surface area contributed by atoms with E-state index in [1.165, 1.54) is 4.31 Å². The second-order valence-electron chi connectivity index (χ2n) is 5.85. The molecule has 0 aliphatic carbocycles. The Bertz CT molecular complexity index is 799. The second-order valence-corrected chi connectivity index (χ2v) is 8.15. The van der Waals surface area contributed by atoms with Crippen molar-refractivity contribution in [3.8, 4) is 0 Å². The van der Waals surface area contributed by atoms with Crippen molar-refractivity contribution in [1.82, 2.24) is 0 Å². The lowest BCUT2D eigenvalue weighted by atomic mass is 9.95. The molecule has 22 heavy (non-hydrogen) atoms. The summed E-state index contributed by atoms with van der Waals surface area (Å²) in [4.78, 5) is 0. The molecule has 0 radical (unpaired) electrons. The standard InChI is InChI=1S/C18H19NO2S/c1-3-13-18(2)14-15-9-7-8-12-17(15)19(22(18,20)21)16-10-5-4-6-11-16/h3-12H,1,13-14H2,2H3. The lowest BCUT2D eigenvalue weighted by molar-refractivity contribution is 0.520. The molecule has 1 aliphatic heterocycles. The highest BCUT2D eigenvalue weighted by atomic mass is 32.2. The van der Waals surface area contributed by atoms with Gasteiger partial charge >= 0.3 is 0 Å². The summed E-state index contributed by atoms with van der Waals surface area (Å²) in [6.45, 7) is 5.54. The van der Waals surface area contributed by atoms with Crippen molar-refractivity contribution in [2.24, 2.45) is 0 Å². The van der Waals surface area contributed by atoms with Crippen molar-refractivity contribution in [1.29, 1.82) is 0 Å². The molecule has 0 saturated carbocycles. The zero-order chi connectivity index (χ0) is 15.8. The van der Waals surface area contributed by atoms with Gasteiger partial charge in [0.15, 0.2) is 0 Å². The Hall–Kier alpha value is -2.07. The predicted octanol–water partition coefficient (Wildman–Crippen LogP) is 4.05. The zero-order valence-electron chi connectivity index (χ0n) is 12.6. The topological polar surface area (TPSA) is 37.4 Å². The van der Waals surface area contributed by atoms with Gasteiger partial charge in [0.05, 0.1) is 16.1 Å². The van der Waals surface area contributed by atoms with Crippen LogP contribution in [0.3, 0.4) is 0 Å². The van der Waals surface area contributed by atoms with Gasteiger partial charge in [0.25, 0.3) is 0 Å². The van der Waals surface area contributed by atoms with E-state index in [9.17, 15) is 8.42 Å². The van der Waals surface area contributed by atoms with E-state index >= 15 is 0 Å². The zero-order valence-corrected chi connectivity index (χ0v) is 13.4. The molecule has 0 aromatic heterocycles. The van der Waals surface area contributed by atoms with Crippen LogP contribution in [0.25, 0.3) is 0 Å². The molecule has 2 aromatic carbocycles. The van der Waals surface area contributed by atoms with E-state index in [0.717, 1.165) is 11.3 Å². The van der Waals surface area contributed by atoms with Crippen molar-refractivity contribution >= 4 is 21.4 Å². The van der Waals surface area contributed by atoms with Crippen LogP contribution < -0.4 is 4.31 Å². The fourth-order valence-electron chi connectivity index (χ4n) is 3.03. The van der Waals surface area contributed by atoms with Gasteiger partial charge in [-0.15, -0.1) is 6.58 Å². The third-order valence-electron chi connectivity index (χ3n) is 4.20. The number of allylic oxidation sites excluding steroid dienone is 1. The molecule has 3 nitrogen and oxygen atoms in total. The summed E-state index contributed by atoms with van der Waals surface area (Å²) in [6.07, 6.45) is 2.61. The van der Waals surface area contributed by atoms with Crippen LogP contribution in [-0.2, 0) is 16.4 Å². The first-order valence-corrected chi connectivity index (χ1v) is 8.72. The maximum absolute atomic E-state index is 13.3. The van der Waals surface area contributed by atoms with Crippen LogP contribution in [0.5, 0.6) is 0 Å². The van der Waals surface area contributed by atoms with Gasteiger partial charge in [-0.25, -0.2) is 12.7 Å². The second kappa shape index (κ2) is 5.29. The summed E-state index contributed by atoms with van der Waals surface area (Å²) in [5.74, 6) is 0. The normalized spacial score (nSPS) is 22.9. The SMILES string of the molecule is C=CCC1(C)Cc2ccccc2N(c2ccccc2)S1(=O)=O. The number of hydrogen-bond donors (Lipinski definition) is 0. The molecule has 114 valence electrons. The largest absolute Gasteiger partial charge is 0.245 e. The Morgan fingerprint density at radius 3 is 2.45 bits per heavy atom. The molecule has 0 N–H and O–H groups in total. The number of rotatable bonds is 3. The monoisotopic (exact) mass is 313 g/mol. The molecular weight excluding hydrogens is 294 g/mol. The minimum atomic E-state index is -3.53. The summed E-state index contributed by atoms with van der Waals surface area (Å²) in [5.41, 5.74) is 2.46. The molecule has 1 heterocycles. The minimum Gasteiger partial charge on any atom is -0.238 e. The number of sulfonamides is 1. The van der Waals surface area contributed by atoms with E-state index in [2.05, 4.69) is 6.58 Å². The maximum atomic E-state index is 13.3. The number of hydrogen-bond acceptors (Lipinski definition) is 2. The number of fused-ring (bicyclic) bond motifs is 1. The first kappa shape index (κ1) is 14.9. The Morgan fingerprint density at radius 2 is 1.77 bits per heavy atom. The van der Waals surface area contributed by atoms with Gasteiger partial charge in [-0.05, 0) is 43.5 Å². The first-order valence-electron chi connectivity index (χ1n) is 7.28. The predicted molar refractivity (Wildman–Crippen MR) is 90.9 cm³/mol. The van der Waals surface area contributed by atoms with Crippen molar-refractivity contribution in [3.05, 3.63) is 72.8 Å². The van der Waals surface area contributed by atoms with Crippen LogP contribution in [0.15, 0.2) is 67.3 Å². The Morgan fingerprint density at radius 1 is 1.14 bits per heavy atom. The molecule has 3 rings (SSSR count). The van der Waals surface area contributed by atoms with Crippen molar-refractivity contribution in [3.63, 3.8) is 0 Å². The van der Waals surface area contributed by atoms with Gasteiger partial charge in [0, 0.05) is 0 Å². The Kier molecular flexibility index (Phi) is 3.57. The summed E-state index contributed by atoms with van der Waals surface area (Å²) in [6, 6.07) is 16.9. The van der Waals surface area contributed by atoms with Gasteiger partial charge < -0.3 is 0 Å². The van der Waals surface area contributed by atoms with Crippen LogP contribution in [0.1, 0.15) is 18.9 Å². The molecule has 0 saturated heterocycles. The maximum Gasteiger partial charge on any atom is 0.245 e. The van der Waals surface area contributed by atoms with Gasteiger partial charge in [-0.1, -0.05) is 42.5 Å². The van der Waals surface area contributed by atoms with E-state index in [4.69, 9.17) is 0 Å². The highest BCUT2D eigenvalue weighted by Crippen LogP contribution is 2.44. The molecule has 0 spiro atoms. The van der Waals surface area contributed by atoms with Gasteiger partial charge in [0.2, 0.25) is 10.0 Å². The molecule has 0 fully saturated rings.